The SMILES string of the molecule is Nc1cc(-c2nc3ncccc3[nH]2)c(F)cc1F. The Balaban J connectivity index is 2.22. The predicted molar refractivity (Wildman–Crippen MR) is 63.7 cm³/mol. The number of halogens is 2. The molecule has 18 heavy (non-hydrogen) atoms. The number of pyridine rings is 1. The summed E-state index contributed by atoms with van der Waals surface area (Å²) in [6.45, 7) is 0. The Morgan fingerprint density at radius 2 is 2.00 bits per heavy atom. The van der Waals surface area contributed by atoms with Gasteiger partial charge in [-0.05, 0) is 18.2 Å². The highest BCUT2D eigenvalue weighted by Gasteiger charge is 2.13. The molecule has 0 spiro atoms. The number of hydrogen-bond donors (Lipinski definition) is 2. The van der Waals surface area contributed by atoms with E-state index in [-0.39, 0.29) is 17.1 Å². The first-order chi connectivity index (χ1) is 8.65. The molecular weight excluding hydrogens is 238 g/mol. The number of hydrogen-bond acceptors (Lipinski definition) is 3. The van der Waals surface area contributed by atoms with Gasteiger partial charge in [-0.3, -0.25) is 0 Å². The third kappa shape index (κ3) is 1.58. The molecule has 0 saturated carbocycles. The number of anilines is 1. The molecule has 0 bridgehead atoms. The molecule has 0 radical (unpaired) electrons. The molecule has 6 heteroatoms. The Bertz CT molecular complexity index is 703. The highest BCUT2D eigenvalue weighted by atomic mass is 19.1. The zero-order valence-corrected chi connectivity index (χ0v) is 9.11. The summed E-state index contributed by atoms with van der Waals surface area (Å²) in [5, 5.41) is 0. The Morgan fingerprint density at radius 1 is 1.17 bits per heavy atom. The maximum absolute atomic E-state index is 13.7. The number of nitrogen functional groups attached to an aromatic ring is 1. The van der Waals surface area contributed by atoms with E-state index in [1.807, 2.05) is 0 Å². The number of benzene rings is 1. The lowest BCUT2D eigenvalue weighted by atomic mass is 10.1. The van der Waals surface area contributed by atoms with Gasteiger partial charge in [-0.2, -0.15) is 0 Å². The van der Waals surface area contributed by atoms with Gasteiger partial charge in [0, 0.05) is 12.3 Å². The monoisotopic (exact) mass is 246 g/mol. The van der Waals surface area contributed by atoms with Crippen molar-refractivity contribution in [3.05, 3.63) is 42.1 Å². The molecule has 3 rings (SSSR count). The van der Waals surface area contributed by atoms with E-state index in [1.165, 1.54) is 6.07 Å². The number of nitrogens with zero attached hydrogens (tertiary/aromatic N) is 2. The van der Waals surface area contributed by atoms with Crippen LogP contribution >= 0.6 is 0 Å². The molecule has 0 saturated heterocycles. The summed E-state index contributed by atoms with van der Waals surface area (Å²) >= 11 is 0. The maximum atomic E-state index is 13.7. The minimum atomic E-state index is -0.787. The second-order valence-electron chi connectivity index (χ2n) is 3.81. The van der Waals surface area contributed by atoms with Gasteiger partial charge in [0.15, 0.2) is 5.65 Å². The molecule has 90 valence electrons. The number of rotatable bonds is 1. The second kappa shape index (κ2) is 3.76. The molecule has 4 nitrogen and oxygen atoms in total. The largest absolute Gasteiger partial charge is 0.396 e. The molecule has 0 fully saturated rings. The summed E-state index contributed by atoms with van der Waals surface area (Å²) in [5.41, 5.74) is 6.56. The molecule has 0 atom stereocenters. The smallest absolute Gasteiger partial charge is 0.178 e. The van der Waals surface area contributed by atoms with Crippen molar-refractivity contribution in [3.8, 4) is 11.4 Å². The van der Waals surface area contributed by atoms with Crippen molar-refractivity contribution >= 4 is 16.9 Å². The number of aromatic amines is 1. The van der Waals surface area contributed by atoms with E-state index in [0.29, 0.717) is 11.2 Å². The van der Waals surface area contributed by atoms with Gasteiger partial charge in [0.05, 0.1) is 16.8 Å². The maximum Gasteiger partial charge on any atom is 0.178 e. The van der Waals surface area contributed by atoms with Gasteiger partial charge in [0.1, 0.15) is 17.5 Å². The zero-order chi connectivity index (χ0) is 12.7. The highest BCUT2D eigenvalue weighted by molar-refractivity contribution is 5.76. The normalized spacial score (nSPS) is 11.0. The lowest BCUT2D eigenvalue weighted by molar-refractivity contribution is 0.588. The number of imidazole rings is 1. The van der Waals surface area contributed by atoms with Gasteiger partial charge >= 0.3 is 0 Å². The van der Waals surface area contributed by atoms with Crippen molar-refractivity contribution in [2.24, 2.45) is 0 Å². The summed E-state index contributed by atoms with van der Waals surface area (Å²) < 4.78 is 26.7. The fourth-order valence-corrected chi connectivity index (χ4v) is 1.72. The van der Waals surface area contributed by atoms with E-state index < -0.39 is 11.6 Å². The second-order valence-corrected chi connectivity index (χ2v) is 3.81. The Morgan fingerprint density at radius 3 is 2.78 bits per heavy atom. The van der Waals surface area contributed by atoms with Crippen LogP contribution in [0.4, 0.5) is 14.5 Å². The predicted octanol–water partition coefficient (Wildman–Crippen LogP) is 2.49. The Kier molecular flexibility index (Phi) is 2.22. The summed E-state index contributed by atoms with van der Waals surface area (Å²) in [6, 6.07) is 5.46. The van der Waals surface area contributed by atoms with Crippen LogP contribution in [-0.2, 0) is 0 Å². The van der Waals surface area contributed by atoms with E-state index in [2.05, 4.69) is 15.0 Å². The lowest BCUT2D eigenvalue weighted by Crippen LogP contribution is -1.95. The van der Waals surface area contributed by atoms with Crippen LogP contribution in [-0.4, -0.2) is 15.0 Å². The quantitative estimate of drug-likeness (QED) is 0.648. The van der Waals surface area contributed by atoms with Crippen LogP contribution in [0, 0.1) is 11.6 Å². The number of H-pyrrole nitrogens is 1. The van der Waals surface area contributed by atoms with Crippen LogP contribution in [0.25, 0.3) is 22.6 Å². The molecular formula is C12H8F2N4. The van der Waals surface area contributed by atoms with Crippen LogP contribution < -0.4 is 5.73 Å². The van der Waals surface area contributed by atoms with E-state index in [9.17, 15) is 8.78 Å². The van der Waals surface area contributed by atoms with Gasteiger partial charge in [-0.25, -0.2) is 18.7 Å². The van der Waals surface area contributed by atoms with Crippen LogP contribution in [0.3, 0.4) is 0 Å². The molecule has 0 aliphatic rings. The number of nitrogens with two attached hydrogens (primary N) is 1. The van der Waals surface area contributed by atoms with Gasteiger partial charge in [0.2, 0.25) is 0 Å². The van der Waals surface area contributed by atoms with Crippen LogP contribution in [0.5, 0.6) is 0 Å². The molecule has 0 aliphatic heterocycles. The molecule has 1 aromatic carbocycles. The number of aromatic nitrogens is 3. The first-order valence-electron chi connectivity index (χ1n) is 5.21. The third-order valence-electron chi connectivity index (χ3n) is 2.60. The van der Waals surface area contributed by atoms with Crippen molar-refractivity contribution in [3.63, 3.8) is 0 Å². The van der Waals surface area contributed by atoms with E-state index in [1.54, 1.807) is 18.3 Å². The summed E-state index contributed by atoms with van der Waals surface area (Å²) in [4.78, 5) is 11.1. The van der Waals surface area contributed by atoms with Crippen LogP contribution in [0.1, 0.15) is 0 Å². The molecule has 3 aromatic rings. The minimum absolute atomic E-state index is 0.118. The summed E-state index contributed by atoms with van der Waals surface area (Å²) in [6.07, 6.45) is 1.59. The van der Waals surface area contributed by atoms with Gasteiger partial charge in [-0.1, -0.05) is 0 Å². The first kappa shape index (κ1) is 10.6. The van der Waals surface area contributed by atoms with Crippen molar-refractivity contribution in [1.29, 1.82) is 0 Å². The van der Waals surface area contributed by atoms with Gasteiger partial charge in [0.25, 0.3) is 0 Å². The topological polar surface area (TPSA) is 67.6 Å². The Labute approximate surface area is 100 Å². The van der Waals surface area contributed by atoms with Crippen LogP contribution in [0.15, 0.2) is 30.5 Å². The zero-order valence-electron chi connectivity index (χ0n) is 9.11. The minimum Gasteiger partial charge on any atom is -0.396 e. The average molecular weight is 246 g/mol. The van der Waals surface area contributed by atoms with Gasteiger partial charge < -0.3 is 10.7 Å². The van der Waals surface area contributed by atoms with Crippen molar-refractivity contribution in [2.75, 3.05) is 5.73 Å². The van der Waals surface area contributed by atoms with Crippen LogP contribution in [0.2, 0.25) is 0 Å². The Hall–Kier alpha value is -2.50. The number of nitrogens with one attached hydrogen (secondary N) is 1. The highest BCUT2D eigenvalue weighted by Crippen LogP contribution is 2.26. The molecule has 2 aromatic heterocycles. The molecule has 0 amide bonds. The average Bonchev–Trinajstić information content (AvgIpc) is 2.77. The molecule has 3 N–H and O–H groups in total. The summed E-state index contributed by atoms with van der Waals surface area (Å²) in [5.74, 6) is -1.24. The van der Waals surface area contributed by atoms with Crippen molar-refractivity contribution in [2.45, 2.75) is 0 Å². The number of fused-ring (bicyclic) bond motifs is 1. The van der Waals surface area contributed by atoms with E-state index in [4.69, 9.17) is 5.73 Å². The molecule has 0 unspecified atom stereocenters. The van der Waals surface area contributed by atoms with E-state index >= 15 is 0 Å². The van der Waals surface area contributed by atoms with Gasteiger partial charge in [-0.15, -0.1) is 0 Å². The van der Waals surface area contributed by atoms with Crippen molar-refractivity contribution < 1.29 is 8.78 Å². The fourth-order valence-electron chi connectivity index (χ4n) is 1.72. The fraction of sp³-hybridized carbons (Fsp3) is 0. The molecule has 0 aliphatic carbocycles. The molecule has 2 heterocycles. The van der Waals surface area contributed by atoms with E-state index in [0.717, 1.165) is 6.07 Å². The van der Waals surface area contributed by atoms with Crippen molar-refractivity contribution in [1.82, 2.24) is 15.0 Å². The standard InChI is InChI=1S/C12H8F2N4/c13-7-5-8(14)9(15)4-6(7)11-17-10-2-1-3-16-12(10)18-11/h1-5H,15H2,(H,16,17,18). The third-order valence-corrected chi connectivity index (χ3v) is 2.60. The first-order valence-corrected chi connectivity index (χ1v) is 5.21. The lowest BCUT2D eigenvalue weighted by Gasteiger charge is -2.02. The summed E-state index contributed by atoms with van der Waals surface area (Å²) in [7, 11) is 0.